The van der Waals surface area contributed by atoms with E-state index >= 15 is 0 Å². The van der Waals surface area contributed by atoms with Crippen LogP contribution < -0.4 is 0 Å². The normalized spacial score (nSPS) is 3.47. The van der Waals surface area contributed by atoms with Gasteiger partial charge in [0.25, 0.3) is 0 Å². The monoisotopic (exact) mass is 433 g/mol. The van der Waals surface area contributed by atoms with Crippen LogP contribution >= 0.6 is 0 Å². The molecule has 0 spiro atoms. The Kier molecular flexibility index (Phi) is 460. The molecular formula is C12H15N3O3W. The van der Waals surface area contributed by atoms with Gasteiger partial charge in [0, 0.05) is 40.3 Å². The van der Waals surface area contributed by atoms with Gasteiger partial charge >= 0.3 is 33.9 Å². The molecule has 0 rings (SSSR count). The molecule has 0 unspecified atom stereocenters. The van der Waals surface area contributed by atoms with Gasteiger partial charge in [0.2, 0.25) is 0 Å². The molecule has 0 aromatic rings. The van der Waals surface area contributed by atoms with Crippen molar-refractivity contribution in [2.24, 2.45) is 0 Å². The Balaban J connectivity index is -0.0000000186. The van der Waals surface area contributed by atoms with Crippen LogP contribution in [0.3, 0.4) is 0 Å². The second-order valence-electron chi connectivity index (χ2n) is 1.54. The van der Waals surface area contributed by atoms with Crippen molar-refractivity contribution in [1.29, 1.82) is 15.8 Å². The number of nitriles is 3. The van der Waals surface area contributed by atoms with Gasteiger partial charge in [-0.05, 0) is 0 Å². The van der Waals surface area contributed by atoms with Gasteiger partial charge in [0.15, 0.2) is 0 Å². The van der Waals surface area contributed by atoms with Crippen LogP contribution in [0.4, 0.5) is 0 Å². The quantitative estimate of drug-likeness (QED) is 0.430. The van der Waals surface area contributed by atoms with Gasteiger partial charge in [0.1, 0.15) is 0 Å². The Hall–Kier alpha value is -1.62. The Bertz CT molecular complexity index is 232. The van der Waals surface area contributed by atoms with Crippen molar-refractivity contribution < 1.29 is 35.0 Å². The van der Waals surface area contributed by atoms with E-state index in [-0.39, 0.29) is 21.1 Å². The molecule has 0 aromatic carbocycles. The summed E-state index contributed by atoms with van der Waals surface area (Å²) in [4.78, 5) is 0. The summed E-state index contributed by atoms with van der Waals surface area (Å²) in [5.74, 6) is 0. The average Bonchev–Trinajstić information content (AvgIpc) is 2.53. The molecule has 0 aliphatic carbocycles. The van der Waals surface area contributed by atoms with Gasteiger partial charge in [-0.15, -0.1) is 0 Å². The maximum Gasteiger partial charge on any atom is 0 e. The fourth-order valence-electron chi connectivity index (χ4n) is 0. The SMILES string of the molecule is CCC#N.CCC#N.CCC#N.[C-]#[O+].[C-]#[O+].[C-]#[O+].[W]. The first-order valence-electron chi connectivity index (χ1n) is 4.47. The molecule has 0 aliphatic heterocycles. The number of hydrogen-bond acceptors (Lipinski definition) is 3. The minimum atomic E-state index is 0. The molecule has 0 heterocycles. The molecule has 0 radical (unpaired) electrons. The summed E-state index contributed by atoms with van der Waals surface area (Å²) in [5.41, 5.74) is 0. The van der Waals surface area contributed by atoms with E-state index < -0.39 is 0 Å². The van der Waals surface area contributed by atoms with Gasteiger partial charge in [-0.3, -0.25) is 0 Å². The molecular weight excluding hydrogens is 418 g/mol. The molecule has 0 saturated heterocycles. The Labute approximate surface area is 129 Å². The van der Waals surface area contributed by atoms with Gasteiger partial charge < -0.3 is 0 Å². The average molecular weight is 433 g/mol. The maximum atomic E-state index is 7.62. The van der Waals surface area contributed by atoms with Gasteiger partial charge in [-0.1, -0.05) is 20.8 Å². The summed E-state index contributed by atoms with van der Waals surface area (Å²) in [6, 6.07) is 5.79. The first kappa shape index (κ1) is 43.3. The Morgan fingerprint density at radius 1 is 0.632 bits per heavy atom. The summed E-state index contributed by atoms with van der Waals surface area (Å²) in [5, 5.41) is 22.9. The van der Waals surface area contributed by atoms with Crippen LogP contribution in [0.2, 0.25) is 0 Å². The van der Waals surface area contributed by atoms with E-state index in [0.29, 0.717) is 19.3 Å². The van der Waals surface area contributed by atoms with Crippen molar-refractivity contribution in [1.82, 2.24) is 0 Å². The van der Waals surface area contributed by atoms with E-state index in [4.69, 9.17) is 29.7 Å². The minimum Gasteiger partial charge on any atom is 0 e. The van der Waals surface area contributed by atoms with Crippen LogP contribution in [0.1, 0.15) is 40.0 Å². The Morgan fingerprint density at radius 3 is 0.684 bits per heavy atom. The van der Waals surface area contributed by atoms with Crippen molar-refractivity contribution in [2.75, 3.05) is 0 Å². The molecule has 0 aromatic heterocycles. The van der Waals surface area contributed by atoms with Crippen LogP contribution in [0.15, 0.2) is 0 Å². The molecule has 0 saturated carbocycles. The minimum absolute atomic E-state index is 0. The number of rotatable bonds is 0. The zero-order valence-electron chi connectivity index (χ0n) is 11.1. The summed E-state index contributed by atoms with van der Waals surface area (Å²) in [6.45, 7) is 19.0. The topological polar surface area (TPSA) is 131 Å². The van der Waals surface area contributed by atoms with Crippen molar-refractivity contribution in [3.8, 4) is 18.2 Å². The first-order chi connectivity index (χ1) is 8.74. The second-order valence-corrected chi connectivity index (χ2v) is 1.54. The number of hydrogen-bond donors (Lipinski definition) is 0. The first-order valence-corrected chi connectivity index (χ1v) is 4.47. The summed E-state index contributed by atoms with van der Waals surface area (Å²) in [6.07, 6.45) is 1.88. The molecule has 0 fully saturated rings. The predicted octanol–water partition coefficient (Wildman–Crippen LogP) is 2.64. The smallest absolute Gasteiger partial charge is 0 e. The van der Waals surface area contributed by atoms with E-state index in [0.717, 1.165) is 0 Å². The maximum absolute atomic E-state index is 7.62. The molecule has 19 heavy (non-hydrogen) atoms. The van der Waals surface area contributed by atoms with Crippen molar-refractivity contribution in [2.45, 2.75) is 40.0 Å². The predicted molar refractivity (Wildman–Crippen MR) is 59.5 cm³/mol. The molecule has 0 atom stereocenters. The summed E-state index contributed by atoms with van der Waals surface area (Å²) >= 11 is 0. The largest absolute Gasteiger partial charge is 0 e. The van der Waals surface area contributed by atoms with Gasteiger partial charge in [-0.25, -0.2) is 0 Å². The second kappa shape index (κ2) is 202. The summed E-state index contributed by atoms with van der Waals surface area (Å²) in [7, 11) is 0. The van der Waals surface area contributed by atoms with Crippen LogP contribution in [-0.4, -0.2) is 0 Å². The molecule has 0 bridgehead atoms. The third kappa shape index (κ3) is 1780. The van der Waals surface area contributed by atoms with Crippen LogP contribution in [0, 0.1) is 53.9 Å². The van der Waals surface area contributed by atoms with Crippen molar-refractivity contribution >= 4 is 0 Å². The molecule has 6 nitrogen and oxygen atoms in total. The number of nitrogens with zero attached hydrogens (tertiary/aromatic N) is 3. The van der Waals surface area contributed by atoms with Crippen LogP contribution in [0.5, 0.6) is 0 Å². The molecule has 0 amide bonds. The molecule has 7 heteroatoms. The Morgan fingerprint density at radius 2 is 0.684 bits per heavy atom. The standard InChI is InChI=1S/3C3H5N.3CO.W/c3*1-2-3-4;3*1-2;/h3*2H2,1H3;;;;. The van der Waals surface area contributed by atoms with E-state index in [2.05, 4.69) is 20.0 Å². The van der Waals surface area contributed by atoms with Gasteiger partial charge in [-0.2, -0.15) is 15.8 Å². The summed E-state index contributed by atoms with van der Waals surface area (Å²) < 4.78 is 22.5. The van der Waals surface area contributed by atoms with Crippen molar-refractivity contribution in [3.05, 3.63) is 20.0 Å². The van der Waals surface area contributed by atoms with E-state index in [1.165, 1.54) is 0 Å². The third-order valence-corrected chi connectivity index (χ3v) is 0.474. The van der Waals surface area contributed by atoms with E-state index in [1.807, 2.05) is 39.0 Å². The van der Waals surface area contributed by atoms with Crippen LogP contribution in [0.25, 0.3) is 0 Å². The molecule has 0 N–H and O–H groups in total. The zero-order valence-corrected chi connectivity index (χ0v) is 14.0. The van der Waals surface area contributed by atoms with Crippen molar-refractivity contribution in [3.63, 3.8) is 0 Å². The fraction of sp³-hybridized carbons (Fsp3) is 0.500. The zero-order chi connectivity index (χ0) is 16.2. The molecule has 102 valence electrons. The molecule has 0 aliphatic rings. The van der Waals surface area contributed by atoms with Gasteiger partial charge in [0.05, 0.1) is 18.2 Å². The fourth-order valence-corrected chi connectivity index (χ4v) is 0. The van der Waals surface area contributed by atoms with E-state index in [9.17, 15) is 0 Å². The van der Waals surface area contributed by atoms with Crippen LogP contribution in [-0.2, 0) is 35.0 Å². The van der Waals surface area contributed by atoms with E-state index in [1.54, 1.807) is 0 Å². The third-order valence-electron chi connectivity index (χ3n) is 0.474.